The van der Waals surface area contributed by atoms with Gasteiger partial charge >= 0.3 is 0 Å². The minimum atomic E-state index is -2.50. The van der Waals surface area contributed by atoms with Crippen LogP contribution in [0.2, 0.25) is 18.6 Å². The van der Waals surface area contributed by atoms with Crippen LogP contribution in [-0.2, 0) is 33.0 Å². The number of nitro groups is 1. The molecule has 0 bridgehead atoms. The van der Waals surface area contributed by atoms with E-state index in [0.717, 1.165) is 22.6 Å². The molecule has 1 aromatic heterocycles. The van der Waals surface area contributed by atoms with Gasteiger partial charge in [-0.3, -0.25) is 24.4 Å². The van der Waals surface area contributed by atoms with Crippen LogP contribution >= 0.6 is 0 Å². The van der Waals surface area contributed by atoms with Gasteiger partial charge in [0.05, 0.1) is 56.7 Å². The van der Waals surface area contributed by atoms with Crippen LogP contribution in [0.3, 0.4) is 0 Å². The maximum Gasteiger partial charge on any atom is 0.269 e. The molecule has 0 saturated carbocycles. The number of ether oxygens (including phenoxy) is 2. The molecule has 0 radical (unpaired) electrons. The average molecular weight is 787 g/mol. The summed E-state index contributed by atoms with van der Waals surface area (Å²) >= 11 is 0. The molecular formula is C43H46N6O7Si. The largest absolute Gasteiger partial charge is 0.497 e. The van der Waals surface area contributed by atoms with Gasteiger partial charge in [0.1, 0.15) is 5.75 Å². The molecule has 0 aliphatic carbocycles. The third-order valence-corrected chi connectivity index (χ3v) is 16.8. The molecule has 2 fully saturated rings. The van der Waals surface area contributed by atoms with E-state index < -0.39 is 24.7 Å². The number of nitrogens with zero attached hydrogens (tertiary/aromatic N) is 6. The summed E-state index contributed by atoms with van der Waals surface area (Å²) in [5, 5.41) is 32.6. The van der Waals surface area contributed by atoms with E-state index in [-0.39, 0.29) is 48.0 Å². The smallest absolute Gasteiger partial charge is 0.269 e. The summed E-state index contributed by atoms with van der Waals surface area (Å²) in [6.07, 6.45) is 2.46. The van der Waals surface area contributed by atoms with Gasteiger partial charge in [-0.1, -0.05) is 85.0 Å². The Kier molecular flexibility index (Phi) is 10.0. The second kappa shape index (κ2) is 15.0. The van der Waals surface area contributed by atoms with Gasteiger partial charge in [0.25, 0.3) is 11.6 Å². The molecule has 3 aliphatic rings. The highest BCUT2D eigenvalue weighted by Gasteiger charge is 2.66. The van der Waals surface area contributed by atoms with E-state index in [0.29, 0.717) is 42.9 Å². The SMILES string of the molecule is COc1ccc([Si](C)(C)[C@@H]2[C@@H](CCn3cc(C(CO)c4ccccc4)nn3)O[C@]3(C(=O)N(Cc4ccc(N5CCC5=O)cc4)c4ccc([N+](=O)[O-])cc43)[C@H]2C)cc1. The van der Waals surface area contributed by atoms with Crippen molar-refractivity contribution in [3.63, 3.8) is 0 Å². The summed E-state index contributed by atoms with van der Waals surface area (Å²) in [6, 6.07) is 30.1. The molecule has 2 saturated heterocycles. The lowest BCUT2D eigenvalue weighted by atomic mass is 9.82. The Labute approximate surface area is 332 Å². The normalized spacial score (nSPS) is 22.2. The van der Waals surface area contributed by atoms with E-state index in [1.54, 1.807) is 27.7 Å². The second-order valence-corrected chi connectivity index (χ2v) is 20.5. The maximum absolute atomic E-state index is 15.2. The number of hydrogen-bond donors (Lipinski definition) is 1. The number of carbonyl (C=O) groups excluding carboxylic acids is 2. The van der Waals surface area contributed by atoms with Gasteiger partial charge in [0.15, 0.2) is 5.60 Å². The molecule has 1 N–H and O–H groups in total. The first-order valence-electron chi connectivity index (χ1n) is 19.3. The molecule has 294 valence electrons. The first kappa shape index (κ1) is 38.2. The van der Waals surface area contributed by atoms with Crippen molar-refractivity contribution in [2.75, 3.05) is 30.1 Å². The van der Waals surface area contributed by atoms with Gasteiger partial charge in [0.2, 0.25) is 5.91 Å². The van der Waals surface area contributed by atoms with E-state index in [9.17, 15) is 20.0 Å². The highest BCUT2D eigenvalue weighted by atomic mass is 28.3. The van der Waals surface area contributed by atoms with E-state index in [2.05, 4.69) is 42.5 Å². The molecule has 1 unspecified atom stereocenters. The number of methoxy groups -OCH3 is 1. The Morgan fingerprint density at radius 1 is 1.04 bits per heavy atom. The summed E-state index contributed by atoms with van der Waals surface area (Å²) in [5.74, 6) is -0.121. The zero-order chi connectivity index (χ0) is 40.1. The van der Waals surface area contributed by atoms with Crippen molar-refractivity contribution in [1.82, 2.24) is 15.0 Å². The number of amides is 2. The Hall–Kier alpha value is -5.70. The van der Waals surface area contributed by atoms with Crippen molar-refractivity contribution < 1.29 is 29.1 Å². The third-order valence-electron chi connectivity index (χ3n) is 12.4. The van der Waals surface area contributed by atoms with Gasteiger partial charge in [-0.05, 0) is 53.4 Å². The molecule has 57 heavy (non-hydrogen) atoms. The van der Waals surface area contributed by atoms with Crippen molar-refractivity contribution in [1.29, 1.82) is 0 Å². The third kappa shape index (κ3) is 6.60. The lowest BCUT2D eigenvalue weighted by molar-refractivity contribution is -0.385. The molecule has 4 heterocycles. The van der Waals surface area contributed by atoms with Crippen molar-refractivity contribution in [3.05, 3.63) is 136 Å². The van der Waals surface area contributed by atoms with E-state index in [1.807, 2.05) is 72.9 Å². The van der Waals surface area contributed by atoms with Gasteiger partial charge in [-0.2, -0.15) is 0 Å². The van der Waals surface area contributed by atoms with Crippen LogP contribution in [-0.4, -0.2) is 71.3 Å². The number of hydrogen-bond acceptors (Lipinski definition) is 9. The number of aliphatic hydroxyl groups is 1. The monoisotopic (exact) mass is 786 g/mol. The average Bonchev–Trinajstić information content (AvgIpc) is 3.87. The summed E-state index contributed by atoms with van der Waals surface area (Å²) in [5.41, 5.74) is 2.64. The summed E-state index contributed by atoms with van der Waals surface area (Å²) in [7, 11) is -0.865. The van der Waals surface area contributed by atoms with Gasteiger partial charge in [0, 0.05) is 55.0 Å². The number of non-ortho nitro benzene ring substituents is 1. The van der Waals surface area contributed by atoms with Crippen LogP contribution in [0, 0.1) is 16.0 Å². The van der Waals surface area contributed by atoms with Crippen LogP contribution < -0.4 is 19.7 Å². The van der Waals surface area contributed by atoms with Crippen LogP contribution in [0.1, 0.15) is 48.1 Å². The minimum Gasteiger partial charge on any atom is -0.497 e. The van der Waals surface area contributed by atoms with Crippen LogP contribution in [0.15, 0.2) is 103 Å². The lowest BCUT2D eigenvalue weighted by Gasteiger charge is -2.37. The van der Waals surface area contributed by atoms with Crippen molar-refractivity contribution >= 4 is 42.1 Å². The summed E-state index contributed by atoms with van der Waals surface area (Å²) < 4.78 is 14.5. The topological polar surface area (TPSA) is 153 Å². The molecule has 5 atom stereocenters. The first-order valence-corrected chi connectivity index (χ1v) is 22.4. The molecular weight excluding hydrogens is 741 g/mol. The molecule has 5 aromatic rings. The van der Waals surface area contributed by atoms with Gasteiger partial charge in [-0.15, -0.1) is 5.10 Å². The number of rotatable bonds is 13. The number of aryl methyl sites for hydroxylation is 1. The Bertz CT molecular complexity index is 2300. The molecule has 3 aliphatic heterocycles. The first-order chi connectivity index (χ1) is 27.5. The number of anilines is 2. The molecule has 14 heteroatoms. The van der Waals surface area contributed by atoms with Crippen molar-refractivity contribution in [2.45, 2.75) is 69.1 Å². The Morgan fingerprint density at radius 3 is 2.40 bits per heavy atom. The van der Waals surface area contributed by atoms with Gasteiger partial charge in [-0.25, -0.2) is 0 Å². The summed E-state index contributed by atoms with van der Waals surface area (Å²) in [4.78, 5) is 42.5. The number of carbonyl (C=O) groups is 2. The number of nitro benzene ring substituents is 1. The lowest BCUT2D eigenvalue weighted by Crippen LogP contribution is -2.51. The second-order valence-electron chi connectivity index (χ2n) is 15.8. The zero-order valence-electron chi connectivity index (χ0n) is 32.4. The van der Waals surface area contributed by atoms with Crippen molar-refractivity contribution in [3.8, 4) is 5.75 Å². The molecule has 8 rings (SSSR count). The van der Waals surface area contributed by atoms with Crippen LogP contribution in [0.4, 0.5) is 17.1 Å². The van der Waals surface area contributed by atoms with Gasteiger partial charge < -0.3 is 24.4 Å². The highest BCUT2D eigenvalue weighted by Crippen LogP contribution is 2.60. The predicted molar refractivity (Wildman–Crippen MR) is 217 cm³/mol. The molecule has 1 spiro atoms. The molecule has 13 nitrogen and oxygen atoms in total. The highest BCUT2D eigenvalue weighted by molar-refractivity contribution is 6.91. The Morgan fingerprint density at radius 2 is 1.77 bits per heavy atom. The summed E-state index contributed by atoms with van der Waals surface area (Å²) in [6.45, 7) is 7.86. The fourth-order valence-electron chi connectivity index (χ4n) is 9.29. The van der Waals surface area contributed by atoms with E-state index >= 15 is 4.79 Å². The van der Waals surface area contributed by atoms with Crippen LogP contribution in [0.25, 0.3) is 0 Å². The van der Waals surface area contributed by atoms with Crippen LogP contribution in [0.5, 0.6) is 5.75 Å². The number of benzene rings is 4. The fraction of sp³-hybridized carbons (Fsp3) is 0.349. The number of aromatic nitrogens is 3. The van der Waals surface area contributed by atoms with E-state index in [4.69, 9.17) is 9.47 Å². The van der Waals surface area contributed by atoms with Crippen molar-refractivity contribution in [2.24, 2.45) is 5.92 Å². The zero-order valence-corrected chi connectivity index (χ0v) is 33.4. The number of aliphatic hydroxyl groups excluding tert-OH is 1. The quantitative estimate of drug-likeness (QED) is 0.0665. The molecule has 4 aromatic carbocycles. The molecule has 2 amide bonds. The van der Waals surface area contributed by atoms with E-state index in [1.165, 1.54) is 17.3 Å². The predicted octanol–water partition coefficient (Wildman–Crippen LogP) is 5.91. The number of β-lactam (4-membered cyclic amide) rings is 1. The number of fused-ring (bicyclic) bond motifs is 2. The fourth-order valence-corrected chi connectivity index (χ4v) is 13.4. The Balaban J connectivity index is 1.16. The minimum absolute atomic E-state index is 0.0818. The standard InChI is InChI=1S/C43H46N6O7Si/c1-28-41(57(3,4)34-17-15-33(55-2)16-18-34)39(20-22-46-26-37(44-45-46)35(27-50)30-8-6-5-7-9-30)56-43(28)36-24-32(49(53)54)14-19-38(36)48(42(43)52)25-29-10-12-31(13-11-29)47-23-21-40(47)51/h5-19,24,26,28,35,39,41,50H,20-23,25,27H2,1-4H3/t28-,35?,39+,41-,43+/m0/s1. The maximum atomic E-state index is 15.2.